The first kappa shape index (κ1) is 17.3. The van der Waals surface area contributed by atoms with E-state index in [2.05, 4.69) is 6.92 Å². The van der Waals surface area contributed by atoms with Crippen LogP contribution in [0, 0.1) is 11.8 Å². The van der Waals surface area contributed by atoms with Gasteiger partial charge < -0.3 is 5.73 Å². The normalized spacial score (nSPS) is 31.4. The highest BCUT2D eigenvalue weighted by Gasteiger charge is 2.40. The minimum Gasteiger partial charge on any atom is -0.325 e. The van der Waals surface area contributed by atoms with Gasteiger partial charge in [0.25, 0.3) is 0 Å². The fraction of sp³-hybridized carbons (Fsp3) is 1.00. The van der Waals surface area contributed by atoms with Crippen molar-refractivity contribution in [1.82, 2.24) is 0 Å². The van der Waals surface area contributed by atoms with Crippen molar-refractivity contribution in [3.8, 4) is 0 Å². The molecule has 0 aromatic carbocycles. The summed E-state index contributed by atoms with van der Waals surface area (Å²) in [6, 6.07) is 0. The lowest BCUT2D eigenvalue weighted by Gasteiger charge is -2.46. The van der Waals surface area contributed by atoms with Crippen molar-refractivity contribution in [2.45, 2.75) is 115 Å². The molecule has 2 fully saturated rings. The molecule has 0 aliphatic heterocycles. The molecule has 0 bridgehead atoms. The second-order valence-corrected chi connectivity index (χ2v) is 8.00. The molecule has 0 aromatic rings. The standard InChI is InChI=1S/C20H39N/c1-2-3-4-5-6-11-16-20(21)17-12-10-15-19(20)18-13-8-7-9-14-18/h18-19H,2-17,21H2,1H3. The van der Waals surface area contributed by atoms with Crippen molar-refractivity contribution in [2.75, 3.05) is 0 Å². The minimum atomic E-state index is 0.199. The summed E-state index contributed by atoms with van der Waals surface area (Å²) in [5.41, 5.74) is 7.17. The maximum absolute atomic E-state index is 6.98. The Labute approximate surface area is 133 Å². The zero-order chi connectivity index (χ0) is 15.0. The molecule has 0 radical (unpaired) electrons. The van der Waals surface area contributed by atoms with Gasteiger partial charge in [-0.2, -0.15) is 0 Å². The Kier molecular flexibility index (Phi) is 7.57. The third kappa shape index (κ3) is 5.27. The zero-order valence-corrected chi connectivity index (χ0v) is 14.5. The van der Waals surface area contributed by atoms with Crippen LogP contribution in [0.5, 0.6) is 0 Å². The first-order valence-corrected chi connectivity index (χ1v) is 10.0. The summed E-state index contributed by atoms with van der Waals surface area (Å²) >= 11 is 0. The second-order valence-electron chi connectivity index (χ2n) is 8.00. The van der Waals surface area contributed by atoms with E-state index < -0.39 is 0 Å². The minimum absolute atomic E-state index is 0.199. The van der Waals surface area contributed by atoms with Crippen LogP contribution in [0.25, 0.3) is 0 Å². The molecule has 0 amide bonds. The largest absolute Gasteiger partial charge is 0.325 e. The third-order valence-electron chi connectivity index (χ3n) is 6.36. The van der Waals surface area contributed by atoms with Crippen molar-refractivity contribution < 1.29 is 0 Å². The van der Waals surface area contributed by atoms with E-state index in [0.717, 1.165) is 11.8 Å². The average molecular weight is 294 g/mol. The van der Waals surface area contributed by atoms with Gasteiger partial charge in [0.15, 0.2) is 0 Å². The van der Waals surface area contributed by atoms with Crippen LogP contribution in [0.3, 0.4) is 0 Å². The third-order valence-corrected chi connectivity index (χ3v) is 6.36. The van der Waals surface area contributed by atoms with E-state index in [9.17, 15) is 0 Å². The van der Waals surface area contributed by atoms with Gasteiger partial charge in [0.05, 0.1) is 0 Å². The Morgan fingerprint density at radius 3 is 2.24 bits per heavy atom. The lowest BCUT2D eigenvalue weighted by Crippen LogP contribution is -2.52. The van der Waals surface area contributed by atoms with E-state index in [0.29, 0.717) is 0 Å². The Morgan fingerprint density at radius 2 is 1.48 bits per heavy atom. The summed E-state index contributed by atoms with van der Waals surface area (Å²) in [6.07, 6.45) is 22.6. The van der Waals surface area contributed by atoms with Gasteiger partial charge in [0.2, 0.25) is 0 Å². The number of nitrogens with two attached hydrogens (primary N) is 1. The molecule has 0 heterocycles. The lowest BCUT2D eigenvalue weighted by atomic mass is 9.62. The fourth-order valence-electron chi connectivity index (χ4n) is 5.08. The molecule has 2 saturated carbocycles. The summed E-state index contributed by atoms with van der Waals surface area (Å²) in [4.78, 5) is 0. The number of hydrogen-bond donors (Lipinski definition) is 1. The monoisotopic (exact) mass is 293 g/mol. The molecule has 1 heteroatoms. The average Bonchev–Trinajstić information content (AvgIpc) is 2.52. The highest BCUT2D eigenvalue weighted by Crippen LogP contribution is 2.44. The van der Waals surface area contributed by atoms with Crippen LogP contribution in [-0.2, 0) is 0 Å². The van der Waals surface area contributed by atoms with E-state index in [1.54, 1.807) is 0 Å². The molecule has 21 heavy (non-hydrogen) atoms. The SMILES string of the molecule is CCCCCCCCC1(N)CCCCC1C1CCCCC1. The maximum atomic E-state index is 6.98. The molecular weight excluding hydrogens is 254 g/mol. The quantitative estimate of drug-likeness (QED) is 0.529. The van der Waals surface area contributed by atoms with Crippen LogP contribution < -0.4 is 5.73 Å². The van der Waals surface area contributed by atoms with Crippen molar-refractivity contribution in [3.05, 3.63) is 0 Å². The molecule has 2 aliphatic carbocycles. The number of rotatable bonds is 8. The van der Waals surface area contributed by atoms with Crippen LogP contribution in [0.4, 0.5) is 0 Å². The van der Waals surface area contributed by atoms with Gasteiger partial charge in [0.1, 0.15) is 0 Å². The van der Waals surface area contributed by atoms with Gasteiger partial charge in [-0.15, -0.1) is 0 Å². The summed E-state index contributed by atoms with van der Waals surface area (Å²) < 4.78 is 0. The fourth-order valence-corrected chi connectivity index (χ4v) is 5.08. The Balaban J connectivity index is 1.78. The van der Waals surface area contributed by atoms with E-state index >= 15 is 0 Å². The van der Waals surface area contributed by atoms with E-state index in [1.165, 1.54) is 103 Å². The first-order chi connectivity index (χ1) is 10.3. The van der Waals surface area contributed by atoms with Crippen LogP contribution in [-0.4, -0.2) is 5.54 Å². The van der Waals surface area contributed by atoms with Gasteiger partial charge in [-0.1, -0.05) is 90.4 Å². The maximum Gasteiger partial charge on any atom is 0.0185 e. The van der Waals surface area contributed by atoms with Gasteiger partial charge in [-0.3, -0.25) is 0 Å². The summed E-state index contributed by atoms with van der Waals surface area (Å²) in [5.74, 6) is 1.81. The number of unbranched alkanes of at least 4 members (excludes halogenated alkanes) is 5. The van der Waals surface area contributed by atoms with Crippen LogP contribution in [0.2, 0.25) is 0 Å². The molecule has 2 rings (SSSR count). The first-order valence-electron chi connectivity index (χ1n) is 10.0. The molecule has 124 valence electrons. The van der Waals surface area contributed by atoms with Gasteiger partial charge in [0, 0.05) is 5.54 Å². The van der Waals surface area contributed by atoms with Crippen molar-refractivity contribution in [1.29, 1.82) is 0 Å². The second kappa shape index (κ2) is 9.18. The summed E-state index contributed by atoms with van der Waals surface area (Å²) in [6.45, 7) is 2.30. The van der Waals surface area contributed by atoms with Crippen molar-refractivity contribution >= 4 is 0 Å². The predicted octanol–water partition coefficient (Wildman–Crippen LogP) is 6.21. The van der Waals surface area contributed by atoms with Crippen LogP contribution in [0.1, 0.15) is 110 Å². The molecule has 2 atom stereocenters. The lowest BCUT2D eigenvalue weighted by molar-refractivity contribution is 0.0907. The van der Waals surface area contributed by atoms with Crippen molar-refractivity contribution in [2.24, 2.45) is 17.6 Å². The van der Waals surface area contributed by atoms with Crippen molar-refractivity contribution in [3.63, 3.8) is 0 Å². The molecule has 0 spiro atoms. The predicted molar refractivity (Wildman–Crippen MR) is 93.4 cm³/mol. The van der Waals surface area contributed by atoms with Crippen LogP contribution >= 0.6 is 0 Å². The van der Waals surface area contributed by atoms with E-state index in [1.807, 2.05) is 0 Å². The van der Waals surface area contributed by atoms with Gasteiger partial charge in [-0.25, -0.2) is 0 Å². The topological polar surface area (TPSA) is 26.0 Å². The molecule has 2 aliphatic rings. The van der Waals surface area contributed by atoms with Crippen LogP contribution in [0.15, 0.2) is 0 Å². The molecule has 2 unspecified atom stereocenters. The van der Waals surface area contributed by atoms with Gasteiger partial charge >= 0.3 is 0 Å². The van der Waals surface area contributed by atoms with Gasteiger partial charge in [-0.05, 0) is 31.1 Å². The molecule has 2 N–H and O–H groups in total. The Bertz CT molecular complexity index is 269. The Hall–Kier alpha value is -0.0400. The molecule has 0 saturated heterocycles. The number of hydrogen-bond acceptors (Lipinski definition) is 1. The smallest absolute Gasteiger partial charge is 0.0185 e. The molecule has 0 aromatic heterocycles. The Morgan fingerprint density at radius 1 is 0.810 bits per heavy atom. The summed E-state index contributed by atoms with van der Waals surface area (Å²) in [5, 5.41) is 0. The molecular formula is C20H39N. The van der Waals surface area contributed by atoms with E-state index in [-0.39, 0.29) is 5.54 Å². The summed E-state index contributed by atoms with van der Waals surface area (Å²) in [7, 11) is 0. The highest BCUT2D eigenvalue weighted by atomic mass is 14.8. The van der Waals surface area contributed by atoms with E-state index in [4.69, 9.17) is 5.73 Å². The molecule has 1 nitrogen and oxygen atoms in total. The zero-order valence-electron chi connectivity index (χ0n) is 14.5. The highest BCUT2D eigenvalue weighted by molar-refractivity contribution is 4.97.